The highest BCUT2D eigenvalue weighted by molar-refractivity contribution is 14.0. The van der Waals surface area contributed by atoms with Crippen LogP contribution in [0, 0.1) is 0 Å². The molecule has 0 fully saturated rings. The van der Waals surface area contributed by atoms with Crippen molar-refractivity contribution in [3.63, 3.8) is 0 Å². The Morgan fingerprint density at radius 3 is 2.69 bits per heavy atom. The summed E-state index contributed by atoms with van der Waals surface area (Å²) in [5.41, 5.74) is 2.42. The number of thiazole rings is 1. The second kappa shape index (κ2) is 15.6. The van der Waals surface area contributed by atoms with E-state index in [4.69, 9.17) is 9.72 Å². The molecule has 29 heavy (non-hydrogen) atoms. The average molecular weight is 532 g/mol. The van der Waals surface area contributed by atoms with E-state index in [2.05, 4.69) is 63.3 Å². The Kier molecular flexibility index (Phi) is 13.9. The number of hydrogen-bond acceptors (Lipinski definition) is 5. The third-order valence-electron chi connectivity index (χ3n) is 4.40. The predicted molar refractivity (Wildman–Crippen MR) is 134 cm³/mol. The molecule has 0 spiro atoms. The van der Waals surface area contributed by atoms with E-state index in [0.717, 1.165) is 57.2 Å². The number of likely N-dealkylation sites (N-methyl/N-ethyl adjacent to an activating group) is 1. The molecule has 6 nitrogen and oxygen atoms in total. The molecule has 0 aliphatic rings. The first kappa shape index (κ1) is 25.8. The van der Waals surface area contributed by atoms with E-state index < -0.39 is 0 Å². The van der Waals surface area contributed by atoms with E-state index in [1.807, 2.05) is 0 Å². The summed E-state index contributed by atoms with van der Waals surface area (Å²) in [4.78, 5) is 11.3. The summed E-state index contributed by atoms with van der Waals surface area (Å²) in [5.74, 6) is 0.809. The molecule has 0 bridgehead atoms. The highest BCUT2D eigenvalue weighted by atomic mass is 127. The number of nitrogens with one attached hydrogen (secondary N) is 2. The van der Waals surface area contributed by atoms with E-state index in [0.29, 0.717) is 6.54 Å². The Bertz CT molecular complexity index is 695. The number of aryl methyl sites for hydroxylation is 2. The van der Waals surface area contributed by atoms with Crippen LogP contribution < -0.4 is 10.6 Å². The van der Waals surface area contributed by atoms with Gasteiger partial charge in [0.2, 0.25) is 0 Å². The first-order valence-electron chi connectivity index (χ1n) is 9.80. The minimum absolute atomic E-state index is 0. The summed E-state index contributed by atoms with van der Waals surface area (Å²) >= 11 is 1.73. The Balaban J connectivity index is 0.00000420. The number of methoxy groups -OCH3 is 1. The number of ether oxygens (including phenoxy) is 1. The zero-order valence-corrected chi connectivity index (χ0v) is 20.8. The molecule has 1 aromatic heterocycles. The Morgan fingerprint density at radius 2 is 1.97 bits per heavy atom. The van der Waals surface area contributed by atoms with Gasteiger partial charge in [-0.3, -0.25) is 4.99 Å². The molecule has 162 valence electrons. The normalized spacial score (nSPS) is 11.4. The molecule has 0 aliphatic carbocycles. The van der Waals surface area contributed by atoms with Crippen LogP contribution in [0.2, 0.25) is 0 Å². The minimum Gasteiger partial charge on any atom is -0.385 e. The molecule has 8 heteroatoms. The summed E-state index contributed by atoms with van der Waals surface area (Å²) in [7, 11) is 5.66. The van der Waals surface area contributed by atoms with Crippen molar-refractivity contribution in [1.82, 2.24) is 20.5 Å². The molecule has 0 saturated heterocycles. The SMILES string of the molecule is CN=C(NCCN(C)CCCOC)NCc1csc(CCc2ccccc2)n1.I. The fraction of sp³-hybridized carbons (Fsp3) is 0.524. The van der Waals surface area contributed by atoms with Crippen LogP contribution in [-0.2, 0) is 24.1 Å². The molecule has 0 atom stereocenters. The summed E-state index contributed by atoms with van der Waals surface area (Å²) in [6, 6.07) is 10.6. The molecular weight excluding hydrogens is 497 g/mol. The van der Waals surface area contributed by atoms with Crippen LogP contribution in [0.3, 0.4) is 0 Å². The van der Waals surface area contributed by atoms with E-state index in [1.165, 1.54) is 10.6 Å². The summed E-state index contributed by atoms with van der Waals surface area (Å²) in [6.07, 6.45) is 3.07. The summed E-state index contributed by atoms with van der Waals surface area (Å²) < 4.78 is 5.09. The van der Waals surface area contributed by atoms with Crippen molar-refractivity contribution in [2.24, 2.45) is 4.99 Å². The molecule has 2 aromatic rings. The number of guanidine groups is 1. The quantitative estimate of drug-likeness (QED) is 0.191. The second-order valence-electron chi connectivity index (χ2n) is 6.72. The van der Waals surface area contributed by atoms with Crippen LogP contribution in [0.4, 0.5) is 0 Å². The van der Waals surface area contributed by atoms with Gasteiger partial charge in [0.05, 0.1) is 17.2 Å². The highest BCUT2D eigenvalue weighted by Crippen LogP contribution is 2.13. The number of rotatable bonds is 12. The zero-order valence-electron chi connectivity index (χ0n) is 17.7. The number of nitrogens with zero attached hydrogens (tertiary/aromatic N) is 3. The standard InChI is InChI=1S/C21H33N5OS.HI/c1-22-21(23-12-14-26(2)13-7-15-27-3)24-16-19-17-28-20(25-19)11-10-18-8-5-4-6-9-18;/h4-6,8-9,17H,7,10-16H2,1-3H3,(H2,22,23,24);1H. The fourth-order valence-corrected chi connectivity index (χ4v) is 3.59. The predicted octanol–water partition coefficient (Wildman–Crippen LogP) is 3.18. The maximum absolute atomic E-state index is 5.09. The maximum atomic E-state index is 5.09. The molecule has 0 saturated carbocycles. The Labute approximate surface area is 196 Å². The first-order valence-corrected chi connectivity index (χ1v) is 10.7. The van der Waals surface area contributed by atoms with E-state index >= 15 is 0 Å². The second-order valence-corrected chi connectivity index (χ2v) is 7.66. The third-order valence-corrected chi connectivity index (χ3v) is 5.36. The molecule has 0 radical (unpaired) electrons. The average Bonchev–Trinajstić information content (AvgIpc) is 3.18. The number of aromatic nitrogens is 1. The lowest BCUT2D eigenvalue weighted by Crippen LogP contribution is -2.40. The molecule has 0 aliphatic heterocycles. The molecule has 2 rings (SSSR count). The van der Waals surface area contributed by atoms with Crippen LogP contribution in [0.1, 0.15) is 22.7 Å². The monoisotopic (exact) mass is 531 g/mol. The van der Waals surface area contributed by atoms with Crippen LogP contribution in [-0.4, -0.2) is 63.3 Å². The van der Waals surface area contributed by atoms with Gasteiger partial charge in [-0.15, -0.1) is 35.3 Å². The summed E-state index contributed by atoms with van der Waals surface area (Å²) in [6.45, 7) is 4.34. The number of hydrogen-bond donors (Lipinski definition) is 2. The van der Waals surface area contributed by atoms with Crippen molar-refractivity contribution < 1.29 is 4.74 Å². The molecule has 2 N–H and O–H groups in total. The number of benzene rings is 1. The molecule has 1 heterocycles. The summed E-state index contributed by atoms with van der Waals surface area (Å²) in [5, 5.41) is 10.0. The van der Waals surface area contributed by atoms with E-state index in [9.17, 15) is 0 Å². The molecule has 0 amide bonds. The van der Waals surface area contributed by atoms with Crippen molar-refractivity contribution in [3.05, 3.63) is 52.0 Å². The highest BCUT2D eigenvalue weighted by Gasteiger charge is 2.05. The van der Waals surface area contributed by atoms with Gasteiger partial charge in [0.25, 0.3) is 0 Å². The topological polar surface area (TPSA) is 61.8 Å². The van der Waals surface area contributed by atoms with Gasteiger partial charge >= 0.3 is 0 Å². The van der Waals surface area contributed by atoms with Crippen LogP contribution in [0.5, 0.6) is 0 Å². The molecule has 0 unspecified atom stereocenters. The number of aliphatic imine (C=N–C) groups is 1. The van der Waals surface area contributed by atoms with E-state index in [1.54, 1.807) is 25.5 Å². The lowest BCUT2D eigenvalue weighted by Gasteiger charge is -2.17. The zero-order chi connectivity index (χ0) is 20.0. The van der Waals surface area contributed by atoms with Crippen molar-refractivity contribution in [1.29, 1.82) is 0 Å². The van der Waals surface area contributed by atoms with Gasteiger partial charge in [-0.05, 0) is 25.5 Å². The Hall–Kier alpha value is -1.23. The van der Waals surface area contributed by atoms with Crippen LogP contribution in [0.25, 0.3) is 0 Å². The van der Waals surface area contributed by atoms with Crippen molar-refractivity contribution in [3.8, 4) is 0 Å². The minimum atomic E-state index is 0. The van der Waals surface area contributed by atoms with E-state index in [-0.39, 0.29) is 24.0 Å². The smallest absolute Gasteiger partial charge is 0.191 e. The van der Waals surface area contributed by atoms with Gasteiger partial charge in [0.15, 0.2) is 5.96 Å². The van der Waals surface area contributed by atoms with Gasteiger partial charge in [0.1, 0.15) is 0 Å². The van der Waals surface area contributed by atoms with Crippen LogP contribution >= 0.6 is 35.3 Å². The number of halogens is 1. The largest absolute Gasteiger partial charge is 0.385 e. The third kappa shape index (κ3) is 10.9. The van der Waals surface area contributed by atoms with Gasteiger partial charge < -0.3 is 20.3 Å². The van der Waals surface area contributed by atoms with Crippen molar-refractivity contribution >= 4 is 41.3 Å². The Morgan fingerprint density at radius 1 is 1.17 bits per heavy atom. The van der Waals surface area contributed by atoms with Gasteiger partial charge in [0, 0.05) is 52.2 Å². The van der Waals surface area contributed by atoms with Crippen LogP contribution in [0.15, 0.2) is 40.7 Å². The van der Waals surface area contributed by atoms with Gasteiger partial charge in [-0.1, -0.05) is 30.3 Å². The lowest BCUT2D eigenvalue weighted by atomic mass is 10.1. The van der Waals surface area contributed by atoms with Gasteiger partial charge in [-0.2, -0.15) is 0 Å². The first-order chi connectivity index (χ1) is 13.7. The van der Waals surface area contributed by atoms with Crippen molar-refractivity contribution in [2.75, 3.05) is 47.4 Å². The molecular formula is C21H34IN5OS. The maximum Gasteiger partial charge on any atom is 0.191 e. The fourth-order valence-electron chi connectivity index (χ4n) is 2.79. The van der Waals surface area contributed by atoms with Crippen molar-refractivity contribution in [2.45, 2.75) is 25.8 Å². The molecule has 1 aromatic carbocycles. The lowest BCUT2D eigenvalue weighted by molar-refractivity contribution is 0.180. The van der Waals surface area contributed by atoms with Gasteiger partial charge in [-0.25, -0.2) is 4.98 Å².